The van der Waals surface area contributed by atoms with Gasteiger partial charge in [0.05, 0.1) is 13.2 Å². The van der Waals surface area contributed by atoms with Crippen molar-refractivity contribution >= 4 is 0 Å². The number of hydrogen-bond donors (Lipinski definition) is 0. The van der Waals surface area contributed by atoms with Crippen molar-refractivity contribution in [3.8, 4) is 12.3 Å². The van der Waals surface area contributed by atoms with Gasteiger partial charge in [0.25, 0.3) is 0 Å². The van der Waals surface area contributed by atoms with Gasteiger partial charge in [-0.2, -0.15) is 0 Å². The number of ether oxygens (including phenoxy) is 3. The van der Waals surface area contributed by atoms with Gasteiger partial charge in [0.15, 0.2) is 5.79 Å². The fraction of sp³-hybridized carbons (Fsp3) is 0.778. The van der Waals surface area contributed by atoms with Crippen LogP contribution in [0, 0.1) is 12.3 Å². The van der Waals surface area contributed by atoms with E-state index in [1.54, 1.807) is 0 Å². The van der Waals surface area contributed by atoms with E-state index in [1.165, 1.54) is 0 Å². The molecule has 0 amide bonds. The quantitative estimate of drug-likeness (QED) is 0.463. The van der Waals surface area contributed by atoms with E-state index in [1.807, 2.05) is 13.8 Å². The summed E-state index contributed by atoms with van der Waals surface area (Å²) < 4.78 is 15.9. The van der Waals surface area contributed by atoms with Crippen molar-refractivity contribution in [2.45, 2.75) is 25.7 Å². The average molecular weight is 170 g/mol. The van der Waals surface area contributed by atoms with E-state index in [-0.39, 0.29) is 6.10 Å². The molecule has 1 rings (SSSR count). The third-order valence-electron chi connectivity index (χ3n) is 1.56. The summed E-state index contributed by atoms with van der Waals surface area (Å²) in [5.41, 5.74) is 0. The van der Waals surface area contributed by atoms with Gasteiger partial charge in [0.1, 0.15) is 12.7 Å². The molecule has 0 unspecified atom stereocenters. The largest absolute Gasteiger partial charge is 0.366 e. The normalized spacial score (nSPS) is 26.9. The summed E-state index contributed by atoms with van der Waals surface area (Å²) in [7, 11) is 0. The summed E-state index contributed by atoms with van der Waals surface area (Å²) in [6, 6.07) is 0. The molecule has 1 saturated heterocycles. The Labute approximate surface area is 73.0 Å². The summed E-state index contributed by atoms with van der Waals surface area (Å²) in [6.45, 7) is 5.19. The van der Waals surface area contributed by atoms with Crippen molar-refractivity contribution in [3.63, 3.8) is 0 Å². The molecule has 0 bridgehead atoms. The third-order valence-corrected chi connectivity index (χ3v) is 1.56. The van der Waals surface area contributed by atoms with E-state index in [0.29, 0.717) is 19.8 Å². The molecule has 0 aromatic carbocycles. The monoisotopic (exact) mass is 170 g/mol. The van der Waals surface area contributed by atoms with Gasteiger partial charge < -0.3 is 14.2 Å². The van der Waals surface area contributed by atoms with E-state index < -0.39 is 5.79 Å². The van der Waals surface area contributed by atoms with Crippen molar-refractivity contribution in [3.05, 3.63) is 0 Å². The lowest BCUT2D eigenvalue weighted by Crippen LogP contribution is -2.24. The van der Waals surface area contributed by atoms with Crippen LogP contribution in [0.2, 0.25) is 0 Å². The first-order valence-electron chi connectivity index (χ1n) is 3.97. The minimum atomic E-state index is -0.468. The minimum absolute atomic E-state index is 0.0216. The average Bonchev–Trinajstić information content (AvgIpc) is 2.31. The first-order valence-corrected chi connectivity index (χ1v) is 3.97. The highest BCUT2D eigenvalue weighted by molar-refractivity contribution is 4.83. The minimum Gasteiger partial charge on any atom is -0.366 e. The second-order valence-corrected chi connectivity index (χ2v) is 3.17. The van der Waals surface area contributed by atoms with Crippen molar-refractivity contribution in [2.75, 3.05) is 19.8 Å². The maximum atomic E-state index is 5.48. The van der Waals surface area contributed by atoms with Gasteiger partial charge in [-0.15, -0.1) is 6.42 Å². The Morgan fingerprint density at radius 3 is 2.92 bits per heavy atom. The van der Waals surface area contributed by atoms with Crippen LogP contribution in [0.1, 0.15) is 13.8 Å². The zero-order valence-electron chi connectivity index (χ0n) is 7.50. The predicted molar refractivity (Wildman–Crippen MR) is 44.6 cm³/mol. The van der Waals surface area contributed by atoms with Crippen molar-refractivity contribution in [1.29, 1.82) is 0 Å². The molecule has 0 aromatic heterocycles. The first-order chi connectivity index (χ1) is 5.64. The molecule has 0 saturated carbocycles. The molecular formula is C9H14O3. The Morgan fingerprint density at radius 2 is 2.42 bits per heavy atom. The molecule has 1 fully saturated rings. The van der Waals surface area contributed by atoms with Gasteiger partial charge in [-0.3, -0.25) is 0 Å². The maximum Gasteiger partial charge on any atom is 0.163 e. The standard InChI is InChI=1S/C9H14O3/c1-4-5-10-6-8-7-11-9(2,3)12-8/h1,8H,5-7H2,2-3H3/t8-/m0/s1. The smallest absolute Gasteiger partial charge is 0.163 e. The maximum absolute atomic E-state index is 5.48. The first kappa shape index (κ1) is 9.53. The number of rotatable bonds is 3. The molecule has 3 heteroatoms. The fourth-order valence-corrected chi connectivity index (χ4v) is 1.09. The Morgan fingerprint density at radius 1 is 1.67 bits per heavy atom. The summed E-state index contributed by atoms with van der Waals surface area (Å²) >= 11 is 0. The van der Waals surface area contributed by atoms with Crippen molar-refractivity contribution in [1.82, 2.24) is 0 Å². The van der Waals surface area contributed by atoms with E-state index in [2.05, 4.69) is 5.92 Å². The third kappa shape index (κ3) is 2.82. The van der Waals surface area contributed by atoms with Gasteiger partial charge in [-0.05, 0) is 13.8 Å². The van der Waals surface area contributed by atoms with Crippen LogP contribution in [0.15, 0.2) is 0 Å². The highest BCUT2D eigenvalue weighted by Crippen LogP contribution is 2.22. The second-order valence-electron chi connectivity index (χ2n) is 3.17. The molecule has 1 aliphatic rings. The van der Waals surface area contributed by atoms with Gasteiger partial charge in [0.2, 0.25) is 0 Å². The molecule has 1 atom stereocenters. The summed E-state index contributed by atoms with van der Waals surface area (Å²) in [5, 5.41) is 0. The topological polar surface area (TPSA) is 27.7 Å². The van der Waals surface area contributed by atoms with Crippen LogP contribution < -0.4 is 0 Å². The molecule has 1 aliphatic heterocycles. The number of hydrogen-bond acceptors (Lipinski definition) is 3. The fourth-order valence-electron chi connectivity index (χ4n) is 1.09. The van der Waals surface area contributed by atoms with E-state index in [9.17, 15) is 0 Å². The Bertz CT molecular complexity index is 181. The Kier molecular flexibility index (Phi) is 3.10. The van der Waals surface area contributed by atoms with Gasteiger partial charge in [-0.1, -0.05) is 5.92 Å². The van der Waals surface area contributed by atoms with Crippen molar-refractivity contribution < 1.29 is 14.2 Å². The molecule has 0 radical (unpaired) electrons. The lowest BCUT2D eigenvalue weighted by Gasteiger charge is -2.16. The van der Waals surface area contributed by atoms with Crippen LogP contribution >= 0.6 is 0 Å². The van der Waals surface area contributed by atoms with Gasteiger partial charge in [0, 0.05) is 0 Å². The molecule has 1 heterocycles. The number of terminal acetylenes is 1. The highest BCUT2D eigenvalue weighted by atomic mass is 16.7. The molecule has 0 aliphatic carbocycles. The molecule has 0 spiro atoms. The molecule has 0 aromatic rings. The molecule has 0 N–H and O–H groups in total. The SMILES string of the molecule is C#CCOC[C@H]1COC(C)(C)O1. The van der Waals surface area contributed by atoms with Crippen LogP contribution in [0.4, 0.5) is 0 Å². The van der Waals surface area contributed by atoms with E-state index in [0.717, 1.165) is 0 Å². The molecule has 3 nitrogen and oxygen atoms in total. The van der Waals surface area contributed by atoms with Gasteiger partial charge >= 0.3 is 0 Å². The zero-order chi connectivity index (χ0) is 9.03. The molecule has 68 valence electrons. The van der Waals surface area contributed by atoms with Crippen LogP contribution in [0.3, 0.4) is 0 Å². The van der Waals surface area contributed by atoms with E-state index in [4.69, 9.17) is 20.6 Å². The Balaban J connectivity index is 2.16. The van der Waals surface area contributed by atoms with Crippen LogP contribution in [0.5, 0.6) is 0 Å². The highest BCUT2D eigenvalue weighted by Gasteiger charge is 2.32. The van der Waals surface area contributed by atoms with Crippen LogP contribution in [0.25, 0.3) is 0 Å². The van der Waals surface area contributed by atoms with Crippen LogP contribution in [-0.2, 0) is 14.2 Å². The summed E-state index contributed by atoms with van der Waals surface area (Å²) in [6.07, 6.45) is 5.04. The predicted octanol–water partition coefficient (Wildman–Crippen LogP) is 0.788. The van der Waals surface area contributed by atoms with E-state index >= 15 is 0 Å². The lowest BCUT2D eigenvalue weighted by atomic mass is 10.4. The van der Waals surface area contributed by atoms with Crippen LogP contribution in [-0.4, -0.2) is 31.7 Å². The lowest BCUT2D eigenvalue weighted by molar-refractivity contribution is -0.144. The zero-order valence-corrected chi connectivity index (χ0v) is 7.50. The summed E-state index contributed by atoms with van der Waals surface area (Å²) in [5.74, 6) is 1.93. The molecular weight excluding hydrogens is 156 g/mol. The second kappa shape index (κ2) is 3.90. The van der Waals surface area contributed by atoms with Gasteiger partial charge in [-0.25, -0.2) is 0 Å². The Hall–Kier alpha value is -0.560. The van der Waals surface area contributed by atoms with Crippen molar-refractivity contribution in [2.24, 2.45) is 0 Å². The molecule has 12 heavy (non-hydrogen) atoms. The summed E-state index contributed by atoms with van der Waals surface area (Å²) in [4.78, 5) is 0.